The second-order valence-electron chi connectivity index (χ2n) is 3.11. The van der Waals surface area contributed by atoms with Crippen LogP contribution < -0.4 is 0 Å². The van der Waals surface area contributed by atoms with E-state index in [-0.39, 0.29) is 0 Å². The third kappa shape index (κ3) is 2.48. The van der Waals surface area contributed by atoms with Crippen LogP contribution >= 0.6 is 11.6 Å². The second-order valence-corrected chi connectivity index (χ2v) is 3.64. The van der Waals surface area contributed by atoms with E-state index < -0.39 is 11.3 Å². The molecule has 78 valence electrons. The van der Waals surface area contributed by atoms with Crippen LogP contribution in [0.25, 0.3) is 0 Å². The molecule has 1 unspecified atom stereocenters. The fourth-order valence-corrected chi connectivity index (χ4v) is 1.51. The Labute approximate surface area is 87.8 Å². The Morgan fingerprint density at radius 1 is 1.79 bits per heavy atom. The molecule has 1 rings (SSSR count). The van der Waals surface area contributed by atoms with Crippen molar-refractivity contribution in [3.8, 4) is 0 Å². The Balaban J connectivity index is 2.69. The maximum absolute atomic E-state index is 11.1. The maximum Gasteiger partial charge on any atom is 0.324 e. The van der Waals surface area contributed by atoms with Gasteiger partial charge in [-0.05, 0) is 12.5 Å². The van der Waals surface area contributed by atoms with Crippen LogP contribution in [0.1, 0.15) is 11.3 Å². The summed E-state index contributed by atoms with van der Waals surface area (Å²) in [6.45, 7) is 1.89. The normalized spacial score (nSPS) is 12.6. The summed E-state index contributed by atoms with van der Waals surface area (Å²) in [4.78, 5) is 11.1. The van der Waals surface area contributed by atoms with Gasteiger partial charge in [0.1, 0.15) is 5.38 Å². The number of halogens is 1. The topological polar surface area (TPSA) is 44.1 Å². The van der Waals surface area contributed by atoms with Crippen molar-refractivity contribution in [3.63, 3.8) is 0 Å². The molecule has 4 nitrogen and oxygen atoms in total. The van der Waals surface area contributed by atoms with E-state index in [1.165, 1.54) is 7.11 Å². The first-order valence-corrected chi connectivity index (χ1v) is 4.69. The average molecular weight is 217 g/mol. The molecule has 14 heavy (non-hydrogen) atoms. The number of hydrogen-bond acceptors (Lipinski definition) is 3. The van der Waals surface area contributed by atoms with Gasteiger partial charge in [0.15, 0.2) is 0 Å². The van der Waals surface area contributed by atoms with E-state index in [1.54, 1.807) is 4.68 Å². The fourth-order valence-electron chi connectivity index (χ4n) is 1.25. The van der Waals surface area contributed by atoms with E-state index >= 15 is 0 Å². The van der Waals surface area contributed by atoms with Crippen LogP contribution in [-0.4, -0.2) is 28.2 Å². The molecule has 0 aliphatic carbocycles. The molecule has 0 saturated carbocycles. The van der Waals surface area contributed by atoms with Gasteiger partial charge in [-0.1, -0.05) is 0 Å². The van der Waals surface area contributed by atoms with E-state index in [4.69, 9.17) is 11.6 Å². The molecule has 0 fully saturated rings. The summed E-state index contributed by atoms with van der Waals surface area (Å²) >= 11 is 5.84. The molecular weight excluding hydrogens is 204 g/mol. The van der Waals surface area contributed by atoms with Crippen molar-refractivity contribution in [2.45, 2.75) is 18.7 Å². The van der Waals surface area contributed by atoms with Gasteiger partial charge in [-0.25, -0.2) is 0 Å². The highest BCUT2D eigenvalue weighted by atomic mass is 35.5. The third-order valence-corrected chi connectivity index (χ3v) is 2.30. The molecule has 0 aliphatic rings. The number of nitrogens with zero attached hydrogens (tertiary/aromatic N) is 2. The van der Waals surface area contributed by atoms with E-state index in [2.05, 4.69) is 9.84 Å². The minimum absolute atomic E-state index is 0.407. The molecule has 0 radical (unpaired) electrons. The predicted octanol–water partition coefficient (Wildman–Crippen LogP) is 1.05. The highest BCUT2D eigenvalue weighted by molar-refractivity contribution is 6.30. The molecule has 0 aliphatic heterocycles. The van der Waals surface area contributed by atoms with Gasteiger partial charge in [0.2, 0.25) is 0 Å². The van der Waals surface area contributed by atoms with Crippen LogP contribution in [0.3, 0.4) is 0 Å². The summed E-state index contributed by atoms with van der Waals surface area (Å²) in [5.74, 6) is -0.407. The number of alkyl halides is 1. The number of ether oxygens (including phenoxy) is 1. The number of aromatic nitrogens is 2. The number of methoxy groups -OCH3 is 1. The molecule has 1 atom stereocenters. The number of rotatable bonds is 3. The molecular formula is C9H13ClN2O2. The van der Waals surface area contributed by atoms with Gasteiger partial charge >= 0.3 is 5.97 Å². The van der Waals surface area contributed by atoms with Gasteiger partial charge in [0.25, 0.3) is 0 Å². The van der Waals surface area contributed by atoms with Crippen LogP contribution in [0.15, 0.2) is 6.20 Å². The first-order valence-electron chi connectivity index (χ1n) is 4.25. The van der Waals surface area contributed by atoms with E-state index in [0.717, 1.165) is 11.3 Å². The average Bonchev–Trinajstić information content (AvgIpc) is 2.44. The zero-order valence-corrected chi connectivity index (χ0v) is 9.21. The zero-order chi connectivity index (χ0) is 10.7. The minimum atomic E-state index is -0.636. The lowest BCUT2D eigenvalue weighted by molar-refractivity contribution is -0.140. The summed E-state index contributed by atoms with van der Waals surface area (Å²) in [6, 6.07) is 0. The molecule has 1 aromatic rings. The fraction of sp³-hybridized carbons (Fsp3) is 0.556. The monoisotopic (exact) mass is 216 g/mol. The van der Waals surface area contributed by atoms with Crippen LogP contribution in [0.2, 0.25) is 0 Å². The lowest BCUT2D eigenvalue weighted by Gasteiger charge is -2.05. The van der Waals surface area contributed by atoms with Crippen LogP contribution in [0, 0.1) is 6.92 Å². The lowest BCUT2D eigenvalue weighted by Crippen LogP contribution is -2.18. The highest BCUT2D eigenvalue weighted by Gasteiger charge is 2.18. The summed E-state index contributed by atoms with van der Waals surface area (Å²) in [5, 5.41) is 3.52. The number of aryl methyl sites for hydroxylation is 2. The minimum Gasteiger partial charge on any atom is -0.468 e. The van der Waals surface area contributed by atoms with Crippen molar-refractivity contribution in [1.29, 1.82) is 0 Å². The Morgan fingerprint density at radius 3 is 2.86 bits per heavy atom. The maximum atomic E-state index is 11.1. The highest BCUT2D eigenvalue weighted by Crippen LogP contribution is 2.12. The Hall–Kier alpha value is -1.03. The number of carbonyl (C=O) groups excluding carboxylic acids is 1. The van der Waals surface area contributed by atoms with E-state index in [9.17, 15) is 4.79 Å². The Morgan fingerprint density at radius 2 is 2.43 bits per heavy atom. The van der Waals surface area contributed by atoms with Crippen molar-refractivity contribution in [2.75, 3.05) is 7.11 Å². The predicted molar refractivity (Wildman–Crippen MR) is 53.3 cm³/mol. The zero-order valence-electron chi connectivity index (χ0n) is 8.45. The summed E-state index contributed by atoms with van der Waals surface area (Å²) in [6.07, 6.45) is 2.31. The summed E-state index contributed by atoms with van der Waals surface area (Å²) in [5.41, 5.74) is 1.86. The SMILES string of the molecule is COC(=O)C(Cl)Cc1cn(C)nc1C. The van der Waals surface area contributed by atoms with Gasteiger partial charge in [-0.2, -0.15) is 5.10 Å². The van der Waals surface area contributed by atoms with Crippen LogP contribution in [0.5, 0.6) is 0 Å². The quantitative estimate of drug-likeness (QED) is 0.561. The van der Waals surface area contributed by atoms with Crippen LogP contribution in [0.4, 0.5) is 0 Å². The molecule has 1 heterocycles. The first kappa shape index (κ1) is 11.0. The first-order chi connectivity index (χ1) is 6.54. The Kier molecular flexibility index (Phi) is 3.52. The van der Waals surface area contributed by atoms with Crippen molar-refractivity contribution >= 4 is 17.6 Å². The molecule has 0 amide bonds. The number of hydrogen-bond donors (Lipinski definition) is 0. The van der Waals surface area contributed by atoms with Gasteiger partial charge in [0, 0.05) is 19.7 Å². The number of esters is 1. The standard InChI is InChI=1S/C9H13ClN2O2/c1-6-7(5-12(2)11-6)4-8(10)9(13)14-3/h5,8H,4H2,1-3H3. The van der Waals surface area contributed by atoms with Crippen molar-refractivity contribution in [2.24, 2.45) is 7.05 Å². The summed E-state index contributed by atoms with van der Waals surface area (Å²) < 4.78 is 6.23. The molecule has 0 bridgehead atoms. The van der Waals surface area contributed by atoms with E-state index in [1.807, 2.05) is 20.2 Å². The van der Waals surface area contributed by atoms with E-state index in [0.29, 0.717) is 6.42 Å². The third-order valence-electron chi connectivity index (χ3n) is 1.97. The smallest absolute Gasteiger partial charge is 0.324 e. The molecule has 1 aromatic heterocycles. The van der Waals surface area contributed by atoms with Crippen molar-refractivity contribution in [1.82, 2.24) is 9.78 Å². The van der Waals surface area contributed by atoms with Crippen LogP contribution in [-0.2, 0) is 23.0 Å². The molecule has 0 spiro atoms. The van der Waals surface area contributed by atoms with Gasteiger partial charge in [0.05, 0.1) is 12.8 Å². The molecule has 5 heteroatoms. The second kappa shape index (κ2) is 4.46. The van der Waals surface area contributed by atoms with Gasteiger partial charge in [-0.15, -0.1) is 11.6 Å². The van der Waals surface area contributed by atoms with Gasteiger partial charge < -0.3 is 4.74 Å². The number of carbonyl (C=O) groups is 1. The Bertz CT molecular complexity index is 336. The molecule has 0 aromatic carbocycles. The lowest BCUT2D eigenvalue weighted by atomic mass is 10.1. The van der Waals surface area contributed by atoms with Crippen molar-refractivity contribution < 1.29 is 9.53 Å². The van der Waals surface area contributed by atoms with Gasteiger partial charge in [-0.3, -0.25) is 9.48 Å². The molecule has 0 N–H and O–H groups in total. The molecule has 0 saturated heterocycles. The summed E-state index contributed by atoms with van der Waals surface area (Å²) in [7, 11) is 3.16. The van der Waals surface area contributed by atoms with Crippen molar-refractivity contribution in [3.05, 3.63) is 17.5 Å². The largest absolute Gasteiger partial charge is 0.468 e.